The zero-order valence-corrected chi connectivity index (χ0v) is 12.8. The lowest BCUT2D eigenvalue weighted by Gasteiger charge is -2.16. The Kier molecular flexibility index (Phi) is 4.76. The van der Waals surface area contributed by atoms with Crippen molar-refractivity contribution >= 4 is 10.0 Å². The van der Waals surface area contributed by atoms with Crippen LogP contribution < -0.4 is 4.72 Å². The summed E-state index contributed by atoms with van der Waals surface area (Å²) < 4.78 is 27.4. The van der Waals surface area contributed by atoms with Gasteiger partial charge in [0, 0.05) is 6.04 Å². The summed E-state index contributed by atoms with van der Waals surface area (Å²) in [5.41, 5.74) is 1.85. The SMILES string of the molecule is Cc1n[nH]c(C)c1S(=O)(=O)N[C@H](CO)Cc1ccccc1. The Morgan fingerprint density at radius 1 is 1.29 bits per heavy atom. The number of aliphatic hydroxyl groups is 1. The number of aromatic nitrogens is 2. The molecule has 2 aromatic rings. The molecule has 0 radical (unpaired) electrons. The molecule has 6 nitrogen and oxygen atoms in total. The van der Waals surface area contributed by atoms with Gasteiger partial charge in [0.15, 0.2) is 0 Å². The summed E-state index contributed by atoms with van der Waals surface area (Å²) in [6, 6.07) is 8.85. The molecule has 0 aliphatic carbocycles. The molecule has 0 aliphatic rings. The van der Waals surface area contributed by atoms with Gasteiger partial charge in [-0.05, 0) is 25.8 Å². The molecule has 7 heteroatoms. The van der Waals surface area contributed by atoms with Crippen LogP contribution in [0.2, 0.25) is 0 Å². The van der Waals surface area contributed by atoms with E-state index in [-0.39, 0.29) is 11.5 Å². The van der Waals surface area contributed by atoms with Crippen molar-refractivity contribution < 1.29 is 13.5 Å². The maximum absolute atomic E-state index is 12.4. The van der Waals surface area contributed by atoms with Crippen molar-refractivity contribution in [1.82, 2.24) is 14.9 Å². The van der Waals surface area contributed by atoms with Gasteiger partial charge in [-0.1, -0.05) is 30.3 Å². The second-order valence-electron chi connectivity index (χ2n) is 4.95. The third-order valence-electron chi connectivity index (χ3n) is 3.20. The lowest BCUT2D eigenvalue weighted by Crippen LogP contribution is -2.39. The molecule has 0 bridgehead atoms. The Morgan fingerprint density at radius 2 is 1.95 bits per heavy atom. The fourth-order valence-electron chi connectivity index (χ4n) is 2.26. The smallest absolute Gasteiger partial charge is 0.244 e. The van der Waals surface area contributed by atoms with Gasteiger partial charge in [0.05, 0.1) is 18.0 Å². The molecule has 1 aromatic heterocycles. The van der Waals surface area contributed by atoms with Gasteiger partial charge in [-0.3, -0.25) is 5.10 Å². The Labute approximate surface area is 124 Å². The zero-order chi connectivity index (χ0) is 15.5. The molecule has 0 aliphatic heterocycles. The van der Waals surface area contributed by atoms with E-state index >= 15 is 0 Å². The number of rotatable bonds is 6. The van der Waals surface area contributed by atoms with Gasteiger partial charge in [0.25, 0.3) is 0 Å². The van der Waals surface area contributed by atoms with Crippen LogP contribution >= 0.6 is 0 Å². The number of sulfonamides is 1. The van der Waals surface area contributed by atoms with Crippen molar-refractivity contribution in [2.45, 2.75) is 31.2 Å². The predicted octanol–water partition coefficient (Wildman–Crippen LogP) is 0.908. The monoisotopic (exact) mass is 309 g/mol. The summed E-state index contributed by atoms with van der Waals surface area (Å²) in [4.78, 5) is 0.147. The maximum Gasteiger partial charge on any atom is 0.244 e. The van der Waals surface area contributed by atoms with Crippen LogP contribution in [0.15, 0.2) is 35.2 Å². The van der Waals surface area contributed by atoms with Gasteiger partial charge >= 0.3 is 0 Å². The summed E-state index contributed by atoms with van der Waals surface area (Å²) >= 11 is 0. The Bertz CT molecular complexity index is 676. The first-order valence-corrected chi connectivity index (χ1v) is 8.11. The summed E-state index contributed by atoms with van der Waals surface area (Å²) in [6.07, 6.45) is 0.423. The average molecular weight is 309 g/mol. The van der Waals surface area contributed by atoms with E-state index in [1.807, 2.05) is 30.3 Å². The van der Waals surface area contributed by atoms with E-state index in [0.717, 1.165) is 5.56 Å². The quantitative estimate of drug-likeness (QED) is 0.739. The molecule has 0 saturated heterocycles. The van der Waals surface area contributed by atoms with Crippen LogP contribution in [0.5, 0.6) is 0 Å². The topological polar surface area (TPSA) is 95.1 Å². The number of benzene rings is 1. The largest absolute Gasteiger partial charge is 0.395 e. The van der Waals surface area contributed by atoms with Gasteiger partial charge in [-0.25, -0.2) is 13.1 Å². The highest BCUT2D eigenvalue weighted by atomic mass is 32.2. The summed E-state index contributed by atoms with van der Waals surface area (Å²) in [6.45, 7) is 3.01. The van der Waals surface area contributed by atoms with Crippen molar-refractivity contribution in [3.63, 3.8) is 0 Å². The molecular formula is C14H19N3O3S. The standard InChI is InChI=1S/C14H19N3O3S/c1-10-14(11(2)16-15-10)21(19,20)17-13(9-18)8-12-6-4-3-5-7-12/h3-7,13,17-18H,8-9H2,1-2H3,(H,15,16)/t13-/m0/s1. The Hall–Kier alpha value is -1.70. The second kappa shape index (κ2) is 6.38. The first-order chi connectivity index (χ1) is 9.94. The van der Waals surface area contributed by atoms with Gasteiger partial charge in [-0.15, -0.1) is 0 Å². The van der Waals surface area contributed by atoms with Crippen LogP contribution in [0.3, 0.4) is 0 Å². The van der Waals surface area contributed by atoms with Gasteiger partial charge < -0.3 is 5.11 Å². The molecule has 114 valence electrons. The summed E-state index contributed by atoms with van der Waals surface area (Å²) in [5, 5.41) is 16.0. The molecule has 1 heterocycles. The van der Waals surface area contributed by atoms with Crippen molar-refractivity contribution in [2.24, 2.45) is 0 Å². The first kappa shape index (κ1) is 15.7. The molecule has 0 fully saturated rings. The van der Waals surface area contributed by atoms with E-state index in [2.05, 4.69) is 14.9 Å². The van der Waals surface area contributed by atoms with Crippen LogP contribution in [0.25, 0.3) is 0 Å². The Morgan fingerprint density at radius 3 is 2.48 bits per heavy atom. The van der Waals surface area contributed by atoms with E-state index in [4.69, 9.17) is 0 Å². The van der Waals surface area contributed by atoms with E-state index in [1.54, 1.807) is 13.8 Å². The minimum Gasteiger partial charge on any atom is -0.395 e. The van der Waals surface area contributed by atoms with Crippen molar-refractivity contribution in [1.29, 1.82) is 0 Å². The third kappa shape index (κ3) is 3.69. The lowest BCUT2D eigenvalue weighted by molar-refractivity contribution is 0.256. The molecule has 2 rings (SSSR count). The molecular weight excluding hydrogens is 290 g/mol. The van der Waals surface area contributed by atoms with E-state index in [0.29, 0.717) is 17.8 Å². The molecule has 3 N–H and O–H groups in total. The lowest BCUT2D eigenvalue weighted by atomic mass is 10.1. The van der Waals surface area contributed by atoms with E-state index in [9.17, 15) is 13.5 Å². The van der Waals surface area contributed by atoms with Gasteiger partial charge in [-0.2, -0.15) is 5.10 Å². The normalized spacial score (nSPS) is 13.3. The molecule has 0 amide bonds. The minimum absolute atomic E-state index is 0.147. The number of hydrogen-bond donors (Lipinski definition) is 3. The number of aryl methyl sites for hydroxylation is 2. The predicted molar refractivity (Wildman–Crippen MR) is 79.4 cm³/mol. The Balaban J connectivity index is 2.18. The number of H-pyrrole nitrogens is 1. The second-order valence-corrected chi connectivity index (χ2v) is 6.60. The molecule has 0 saturated carbocycles. The van der Waals surface area contributed by atoms with E-state index < -0.39 is 16.1 Å². The molecule has 0 unspecified atom stereocenters. The first-order valence-electron chi connectivity index (χ1n) is 6.62. The maximum atomic E-state index is 12.4. The zero-order valence-electron chi connectivity index (χ0n) is 12.0. The fraction of sp³-hybridized carbons (Fsp3) is 0.357. The van der Waals surface area contributed by atoms with Crippen LogP contribution in [0, 0.1) is 13.8 Å². The number of nitrogens with one attached hydrogen (secondary N) is 2. The highest BCUT2D eigenvalue weighted by molar-refractivity contribution is 7.89. The van der Waals surface area contributed by atoms with Crippen molar-refractivity contribution in [3.8, 4) is 0 Å². The van der Waals surface area contributed by atoms with Gasteiger partial charge in [0.1, 0.15) is 4.90 Å². The van der Waals surface area contributed by atoms with E-state index in [1.165, 1.54) is 0 Å². The number of aromatic amines is 1. The molecule has 1 atom stereocenters. The highest BCUT2D eigenvalue weighted by Crippen LogP contribution is 2.17. The number of aliphatic hydroxyl groups excluding tert-OH is 1. The van der Waals surface area contributed by atoms with Crippen molar-refractivity contribution in [2.75, 3.05) is 6.61 Å². The summed E-state index contributed by atoms with van der Waals surface area (Å²) in [7, 11) is -3.71. The summed E-state index contributed by atoms with van der Waals surface area (Å²) in [5.74, 6) is 0. The van der Waals surface area contributed by atoms with Crippen molar-refractivity contribution in [3.05, 3.63) is 47.3 Å². The average Bonchev–Trinajstić information content (AvgIpc) is 2.79. The van der Waals surface area contributed by atoms with Gasteiger partial charge in [0.2, 0.25) is 10.0 Å². The molecule has 0 spiro atoms. The van der Waals surface area contributed by atoms with Crippen LogP contribution in [-0.4, -0.2) is 36.4 Å². The fourth-order valence-corrected chi connectivity index (χ4v) is 3.85. The molecule has 21 heavy (non-hydrogen) atoms. The third-order valence-corrected chi connectivity index (χ3v) is 4.98. The van der Waals surface area contributed by atoms with Crippen LogP contribution in [0.1, 0.15) is 17.0 Å². The van der Waals surface area contributed by atoms with Crippen LogP contribution in [-0.2, 0) is 16.4 Å². The van der Waals surface area contributed by atoms with Crippen LogP contribution in [0.4, 0.5) is 0 Å². The number of nitrogens with zero attached hydrogens (tertiary/aromatic N) is 1. The number of hydrogen-bond acceptors (Lipinski definition) is 4. The molecule has 1 aromatic carbocycles. The minimum atomic E-state index is -3.71. The highest BCUT2D eigenvalue weighted by Gasteiger charge is 2.25.